The van der Waals surface area contributed by atoms with Crippen molar-refractivity contribution in [3.63, 3.8) is 0 Å². The molecule has 1 amide bonds. The molecule has 1 unspecified atom stereocenters. The molecule has 0 heterocycles. The van der Waals surface area contributed by atoms with Crippen molar-refractivity contribution in [3.05, 3.63) is 29.8 Å². The van der Waals surface area contributed by atoms with Gasteiger partial charge in [-0.15, -0.1) is 0 Å². The van der Waals surface area contributed by atoms with E-state index in [0.717, 1.165) is 5.56 Å². The van der Waals surface area contributed by atoms with Gasteiger partial charge < -0.3 is 10.1 Å². The minimum absolute atomic E-state index is 0.00256. The van der Waals surface area contributed by atoms with Crippen LogP contribution in [0.2, 0.25) is 0 Å². The van der Waals surface area contributed by atoms with Gasteiger partial charge in [-0.3, -0.25) is 4.79 Å². The molecular formula is C14H18N2O2. The average Bonchev–Trinajstić information content (AvgIpc) is 2.32. The molecule has 1 aromatic carbocycles. The third kappa shape index (κ3) is 3.86. The summed E-state index contributed by atoms with van der Waals surface area (Å²) in [5.74, 6) is -0.876. The molecule has 18 heavy (non-hydrogen) atoms. The van der Waals surface area contributed by atoms with Crippen molar-refractivity contribution >= 4 is 11.6 Å². The number of carbonyl (C=O) groups excluding carboxylic acids is 1. The van der Waals surface area contributed by atoms with Crippen molar-refractivity contribution in [1.82, 2.24) is 0 Å². The van der Waals surface area contributed by atoms with Crippen LogP contribution in [0.3, 0.4) is 0 Å². The molecule has 96 valence electrons. The molecule has 4 nitrogen and oxygen atoms in total. The smallest absolute Gasteiger partial charge is 0.241 e. The van der Waals surface area contributed by atoms with Gasteiger partial charge in [0.15, 0.2) is 0 Å². The minimum atomic E-state index is -0.622. The summed E-state index contributed by atoms with van der Waals surface area (Å²) >= 11 is 0. The van der Waals surface area contributed by atoms with Gasteiger partial charge in [0.1, 0.15) is 5.92 Å². The second-order valence-electron chi connectivity index (χ2n) is 4.47. The Bertz CT molecular complexity index is 432. The highest BCUT2D eigenvalue weighted by atomic mass is 16.5. The number of ether oxygens (including phenoxy) is 1. The zero-order valence-electron chi connectivity index (χ0n) is 10.9. The third-order valence-corrected chi connectivity index (χ3v) is 2.62. The summed E-state index contributed by atoms with van der Waals surface area (Å²) in [6, 6.07) is 9.40. The van der Waals surface area contributed by atoms with Gasteiger partial charge in [-0.25, -0.2) is 0 Å². The molecule has 0 aliphatic carbocycles. The maximum Gasteiger partial charge on any atom is 0.241 e. The van der Waals surface area contributed by atoms with Crippen molar-refractivity contribution in [2.75, 3.05) is 12.4 Å². The molecule has 1 rings (SSSR count). The summed E-state index contributed by atoms with van der Waals surface area (Å²) in [5, 5.41) is 11.7. The molecule has 1 atom stereocenters. The molecule has 0 aliphatic rings. The molecule has 0 bridgehead atoms. The van der Waals surface area contributed by atoms with Crippen LogP contribution in [-0.2, 0) is 16.1 Å². The van der Waals surface area contributed by atoms with E-state index in [1.807, 2.05) is 32.0 Å². The minimum Gasteiger partial charge on any atom is -0.380 e. The van der Waals surface area contributed by atoms with E-state index in [9.17, 15) is 4.79 Å². The van der Waals surface area contributed by atoms with E-state index in [0.29, 0.717) is 12.3 Å². The van der Waals surface area contributed by atoms with Crippen molar-refractivity contribution < 1.29 is 9.53 Å². The van der Waals surface area contributed by atoms with Gasteiger partial charge in [0, 0.05) is 12.8 Å². The number of nitrogens with one attached hydrogen (secondary N) is 1. The van der Waals surface area contributed by atoms with Crippen LogP contribution in [-0.4, -0.2) is 13.0 Å². The lowest BCUT2D eigenvalue weighted by molar-refractivity contribution is -0.119. The number of methoxy groups -OCH3 is 1. The summed E-state index contributed by atoms with van der Waals surface area (Å²) in [5.41, 5.74) is 1.73. The maximum absolute atomic E-state index is 11.8. The van der Waals surface area contributed by atoms with Crippen LogP contribution in [0.4, 0.5) is 5.69 Å². The van der Waals surface area contributed by atoms with Crippen molar-refractivity contribution in [1.29, 1.82) is 5.26 Å². The Morgan fingerprint density at radius 3 is 2.44 bits per heavy atom. The second-order valence-corrected chi connectivity index (χ2v) is 4.47. The van der Waals surface area contributed by atoms with E-state index < -0.39 is 5.92 Å². The zero-order valence-corrected chi connectivity index (χ0v) is 10.9. The Hall–Kier alpha value is -1.86. The number of anilines is 1. The van der Waals surface area contributed by atoms with Crippen molar-refractivity contribution in [2.24, 2.45) is 11.8 Å². The molecule has 0 spiro atoms. The zero-order chi connectivity index (χ0) is 13.5. The molecule has 0 fully saturated rings. The first-order chi connectivity index (χ1) is 8.58. The monoisotopic (exact) mass is 246 g/mol. The first-order valence-corrected chi connectivity index (χ1v) is 5.86. The van der Waals surface area contributed by atoms with E-state index >= 15 is 0 Å². The lowest BCUT2D eigenvalue weighted by Crippen LogP contribution is -2.25. The summed E-state index contributed by atoms with van der Waals surface area (Å²) in [6.45, 7) is 4.26. The van der Waals surface area contributed by atoms with Gasteiger partial charge in [-0.1, -0.05) is 26.0 Å². The second kappa shape index (κ2) is 6.77. The number of nitrogens with zero attached hydrogens (tertiary/aromatic N) is 1. The molecule has 1 aromatic rings. The fourth-order valence-electron chi connectivity index (χ4n) is 1.58. The summed E-state index contributed by atoms with van der Waals surface area (Å²) < 4.78 is 5.01. The molecular weight excluding hydrogens is 228 g/mol. The molecule has 0 saturated carbocycles. The maximum atomic E-state index is 11.8. The van der Waals surface area contributed by atoms with E-state index in [4.69, 9.17) is 10.00 Å². The topological polar surface area (TPSA) is 62.1 Å². The van der Waals surface area contributed by atoms with E-state index in [2.05, 4.69) is 5.32 Å². The summed E-state index contributed by atoms with van der Waals surface area (Å²) in [6.07, 6.45) is 0. The third-order valence-electron chi connectivity index (χ3n) is 2.62. The largest absolute Gasteiger partial charge is 0.380 e. The van der Waals surface area contributed by atoms with Crippen molar-refractivity contribution in [2.45, 2.75) is 20.5 Å². The van der Waals surface area contributed by atoms with Crippen LogP contribution < -0.4 is 5.32 Å². The SMILES string of the molecule is COCc1ccc(NC(=O)C(C#N)C(C)C)cc1. The quantitative estimate of drug-likeness (QED) is 0.868. The Morgan fingerprint density at radius 2 is 2.00 bits per heavy atom. The lowest BCUT2D eigenvalue weighted by Gasteiger charge is -2.13. The number of hydrogen-bond donors (Lipinski definition) is 1. The van der Waals surface area contributed by atoms with Gasteiger partial charge in [0.2, 0.25) is 5.91 Å². The number of hydrogen-bond acceptors (Lipinski definition) is 3. The predicted octanol–water partition coefficient (Wildman–Crippen LogP) is 2.57. The van der Waals surface area contributed by atoms with E-state index in [-0.39, 0.29) is 11.8 Å². The van der Waals surface area contributed by atoms with Crippen molar-refractivity contribution in [3.8, 4) is 6.07 Å². The van der Waals surface area contributed by atoms with E-state index in [1.165, 1.54) is 0 Å². The Balaban J connectivity index is 2.67. The summed E-state index contributed by atoms with van der Waals surface area (Å²) in [7, 11) is 1.63. The van der Waals surface area contributed by atoms with Gasteiger partial charge in [0.05, 0.1) is 12.7 Å². The first-order valence-electron chi connectivity index (χ1n) is 5.86. The Morgan fingerprint density at radius 1 is 1.39 bits per heavy atom. The molecule has 1 N–H and O–H groups in total. The highest BCUT2D eigenvalue weighted by Gasteiger charge is 2.21. The average molecular weight is 246 g/mol. The van der Waals surface area contributed by atoms with Gasteiger partial charge in [0.25, 0.3) is 0 Å². The molecule has 0 saturated heterocycles. The van der Waals surface area contributed by atoms with Crippen LogP contribution in [0.5, 0.6) is 0 Å². The van der Waals surface area contributed by atoms with E-state index in [1.54, 1.807) is 19.2 Å². The molecule has 0 radical (unpaired) electrons. The van der Waals surface area contributed by atoms with Gasteiger partial charge in [-0.05, 0) is 23.6 Å². The van der Waals surface area contributed by atoms with Crippen LogP contribution >= 0.6 is 0 Å². The number of nitriles is 1. The van der Waals surface area contributed by atoms with Gasteiger partial charge >= 0.3 is 0 Å². The first kappa shape index (κ1) is 14.2. The fraction of sp³-hybridized carbons (Fsp3) is 0.429. The number of carbonyl (C=O) groups is 1. The van der Waals surface area contributed by atoms with Crippen LogP contribution in [0, 0.1) is 23.2 Å². The highest BCUT2D eigenvalue weighted by Crippen LogP contribution is 2.15. The normalized spacial score (nSPS) is 11.9. The predicted molar refractivity (Wildman–Crippen MR) is 69.7 cm³/mol. The number of benzene rings is 1. The van der Waals surface area contributed by atoms with Gasteiger partial charge in [-0.2, -0.15) is 5.26 Å². The van der Waals surface area contributed by atoms with Crippen LogP contribution in [0.1, 0.15) is 19.4 Å². The molecule has 4 heteroatoms. The molecule has 0 aliphatic heterocycles. The molecule has 0 aromatic heterocycles. The fourth-order valence-corrected chi connectivity index (χ4v) is 1.58. The van der Waals surface area contributed by atoms with Crippen LogP contribution in [0.15, 0.2) is 24.3 Å². The Kier molecular flexibility index (Phi) is 5.34. The number of rotatable bonds is 5. The Labute approximate surface area is 108 Å². The summed E-state index contributed by atoms with van der Waals surface area (Å²) in [4.78, 5) is 11.8. The standard InChI is InChI=1S/C14H18N2O2/c1-10(2)13(8-15)14(17)16-12-6-4-11(5-7-12)9-18-3/h4-7,10,13H,9H2,1-3H3,(H,16,17). The number of amides is 1. The van der Waals surface area contributed by atoms with Crippen LogP contribution in [0.25, 0.3) is 0 Å². The lowest BCUT2D eigenvalue weighted by atomic mass is 9.96. The highest BCUT2D eigenvalue weighted by molar-refractivity contribution is 5.94.